The van der Waals surface area contributed by atoms with Gasteiger partial charge in [0.25, 0.3) is 0 Å². The molecule has 0 aliphatic heterocycles. The molecule has 0 saturated heterocycles. The van der Waals surface area contributed by atoms with Gasteiger partial charge >= 0.3 is 0 Å². The molecule has 0 bridgehead atoms. The van der Waals surface area contributed by atoms with Crippen LogP contribution in [-0.2, 0) is 6.42 Å². The summed E-state index contributed by atoms with van der Waals surface area (Å²) in [4.78, 5) is 0. The molecule has 0 heterocycles. The van der Waals surface area contributed by atoms with Crippen LogP contribution in [0.25, 0.3) is 0 Å². The predicted octanol–water partition coefficient (Wildman–Crippen LogP) is 5.57. The van der Waals surface area contributed by atoms with E-state index in [1.54, 1.807) is 0 Å². The van der Waals surface area contributed by atoms with Crippen LogP contribution >= 0.6 is 0 Å². The number of hydrogen-bond acceptors (Lipinski definition) is 0. The van der Waals surface area contributed by atoms with Gasteiger partial charge in [-0.3, -0.25) is 0 Å². The fourth-order valence-electron chi connectivity index (χ4n) is 2.46. The molecule has 0 N–H and O–H groups in total. The third-order valence-electron chi connectivity index (χ3n) is 3.64. The molecule has 0 aliphatic rings. The molecule has 112 valence electrons. The molecule has 0 aliphatic carbocycles. The van der Waals surface area contributed by atoms with Crippen LogP contribution in [0, 0.1) is 17.5 Å². The third-order valence-corrected chi connectivity index (χ3v) is 3.64. The van der Waals surface area contributed by atoms with Crippen LogP contribution in [0.2, 0.25) is 0 Å². The monoisotopic (exact) mass is 292 g/mol. The number of benzene rings is 2. The minimum Gasteiger partial charge on any atom is -0.207 e. The minimum absolute atomic E-state index is 0.0861. The highest BCUT2D eigenvalue weighted by Gasteiger charge is 2.12. The van der Waals surface area contributed by atoms with E-state index in [-0.39, 0.29) is 17.7 Å². The normalized spacial score (nSPS) is 12.7. The van der Waals surface area contributed by atoms with Gasteiger partial charge in [0.05, 0.1) is 0 Å². The van der Waals surface area contributed by atoms with E-state index >= 15 is 0 Å². The SMILES string of the molecule is CC(C)c1cc(F)cc(CC(C)c2cc(F)cc(F)c2)c1. The highest BCUT2D eigenvalue weighted by Crippen LogP contribution is 2.25. The second kappa shape index (κ2) is 6.33. The molecule has 0 amide bonds. The van der Waals surface area contributed by atoms with E-state index in [2.05, 4.69) is 0 Å². The lowest BCUT2D eigenvalue weighted by molar-refractivity contribution is 0.574. The summed E-state index contributed by atoms with van der Waals surface area (Å²) in [5.41, 5.74) is 2.36. The van der Waals surface area contributed by atoms with Gasteiger partial charge in [0.15, 0.2) is 0 Å². The Labute approximate surface area is 123 Å². The first-order valence-electron chi connectivity index (χ1n) is 7.10. The van der Waals surface area contributed by atoms with E-state index in [4.69, 9.17) is 0 Å². The van der Waals surface area contributed by atoms with Crippen LogP contribution in [0.4, 0.5) is 13.2 Å². The van der Waals surface area contributed by atoms with Crippen molar-refractivity contribution in [3.8, 4) is 0 Å². The van der Waals surface area contributed by atoms with Crippen molar-refractivity contribution in [2.45, 2.75) is 39.0 Å². The Bertz CT molecular complexity index is 612. The van der Waals surface area contributed by atoms with Crippen LogP contribution in [0.15, 0.2) is 36.4 Å². The zero-order valence-electron chi connectivity index (χ0n) is 12.5. The lowest BCUT2D eigenvalue weighted by atomic mass is 9.91. The molecule has 2 aromatic carbocycles. The maximum Gasteiger partial charge on any atom is 0.126 e. The van der Waals surface area contributed by atoms with Gasteiger partial charge in [0, 0.05) is 6.07 Å². The zero-order chi connectivity index (χ0) is 15.6. The van der Waals surface area contributed by atoms with Crippen molar-refractivity contribution in [3.63, 3.8) is 0 Å². The maximum atomic E-state index is 13.6. The van der Waals surface area contributed by atoms with Crippen molar-refractivity contribution in [3.05, 3.63) is 70.5 Å². The van der Waals surface area contributed by atoms with E-state index in [1.807, 2.05) is 26.8 Å². The van der Waals surface area contributed by atoms with Crippen molar-refractivity contribution in [1.29, 1.82) is 0 Å². The number of hydrogen-bond donors (Lipinski definition) is 0. The molecule has 2 rings (SSSR count). The highest BCUT2D eigenvalue weighted by molar-refractivity contribution is 5.30. The average Bonchev–Trinajstić information content (AvgIpc) is 2.36. The van der Waals surface area contributed by atoms with Gasteiger partial charge in [-0.05, 0) is 59.2 Å². The molecule has 3 heteroatoms. The van der Waals surface area contributed by atoms with Crippen molar-refractivity contribution >= 4 is 0 Å². The van der Waals surface area contributed by atoms with Gasteiger partial charge < -0.3 is 0 Å². The van der Waals surface area contributed by atoms with E-state index in [9.17, 15) is 13.2 Å². The highest BCUT2D eigenvalue weighted by atomic mass is 19.1. The average molecular weight is 292 g/mol. The Morgan fingerprint density at radius 3 is 1.81 bits per heavy atom. The lowest BCUT2D eigenvalue weighted by Gasteiger charge is -2.14. The van der Waals surface area contributed by atoms with Gasteiger partial charge in [-0.25, -0.2) is 13.2 Å². The van der Waals surface area contributed by atoms with Gasteiger partial charge in [0.2, 0.25) is 0 Å². The standard InChI is InChI=1S/C18H19F3/c1-11(2)14-5-13(6-16(19)7-14)4-12(3)15-8-17(20)10-18(21)9-15/h5-12H,4H2,1-3H3. The molecule has 1 atom stereocenters. The molecule has 0 radical (unpaired) electrons. The Morgan fingerprint density at radius 2 is 1.24 bits per heavy atom. The summed E-state index contributed by atoms with van der Waals surface area (Å²) in [6.07, 6.45) is 0.542. The molecule has 0 spiro atoms. The topological polar surface area (TPSA) is 0 Å². The lowest BCUT2D eigenvalue weighted by Crippen LogP contribution is -2.02. The molecular weight excluding hydrogens is 273 g/mol. The second-order valence-electron chi connectivity index (χ2n) is 5.86. The quantitative estimate of drug-likeness (QED) is 0.690. The summed E-state index contributed by atoms with van der Waals surface area (Å²) < 4.78 is 40.2. The summed E-state index contributed by atoms with van der Waals surface area (Å²) >= 11 is 0. The van der Waals surface area contributed by atoms with E-state index in [1.165, 1.54) is 24.3 Å². The molecule has 0 fully saturated rings. The van der Waals surface area contributed by atoms with Gasteiger partial charge in [0.1, 0.15) is 17.5 Å². The van der Waals surface area contributed by atoms with Gasteiger partial charge in [-0.1, -0.05) is 26.8 Å². The van der Waals surface area contributed by atoms with E-state index < -0.39 is 11.6 Å². The van der Waals surface area contributed by atoms with Gasteiger partial charge in [-0.15, -0.1) is 0 Å². The fourth-order valence-corrected chi connectivity index (χ4v) is 2.46. The second-order valence-corrected chi connectivity index (χ2v) is 5.86. The van der Waals surface area contributed by atoms with Crippen molar-refractivity contribution < 1.29 is 13.2 Å². The molecule has 0 aromatic heterocycles. The summed E-state index contributed by atoms with van der Waals surface area (Å²) in [5.74, 6) is -1.29. The van der Waals surface area contributed by atoms with Crippen LogP contribution in [0.3, 0.4) is 0 Å². The van der Waals surface area contributed by atoms with Crippen molar-refractivity contribution in [2.24, 2.45) is 0 Å². The van der Waals surface area contributed by atoms with Crippen LogP contribution in [0.1, 0.15) is 49.3 Å². The fraction of sp³-hybridized carbons (Fsp3) is 0.333. The van der Waals surface area contributed by atoms with Crippen molar-refractivity contribution in [2.75, 3.05) is 0 Å². The molecule has 1 unspecified atom stereocenters. The number of halogens is 3. The Balaban J connectivity index is 2.24. The first-order valence-corrected chi connectivity index (χ1v) is 7.10. The predicted molar refractivity (Wildman–Crippen MR) is 79.0 cm³/mol. The third kappa shape index (κ3) is 4.10. The molecule has 21 heavy (non-hydrogen) atoms. The summed E-state index contributed by atoms with van der Waals surface area (Å²) in [7, 11) is 0. The smallest absolute Gasteiger partial charge is 0.126 e. The number of rotatable bonds is 4. The summed E-state index contributed by atoms with van der Waals surface area (Å²) in [5, 5.41) is 0. The van der Waals surface area contributed by atoms with Crippen molar-refractivity contribution in [1.82, 2.24) is 0 Å². The molecular formula is C18H19F3. The molecule has 2 aromatic rings. The summed E-state index contributed by atoms with van der Waals surface area (Å²) in [6.45, 7) is 5.89. The van der Waals surface area contributed by atoms with E-state index in [0.717, 1.165) is 17.2 Å². The Hall–Kier alpha value is -1.77. The van der Waals surface area contributed by atoms with Crippen LogP contribution in [0.5, 0.6) is 0 Å². The summed E-state index contributed by atoms with van der Waals surface area (Å²) in [6, 6.07) is 8.49. The maximum absolute atomic E-state index is 13.6. The van der Waals surface area contributed by atoms with E-state index in [0.29, 0.717) is 12.0 Å². The first-order chi connectivity index (χ1) is 9.85. The van der Waals surface area contributed by atoms with Crippen LogP contribution < -0.4 is 0 Å². The Kier molecular flexibility index (Phi) is 4.71. The first kappa shape index (κ1) is 15.6. The van der Waals surface area contributed by atoms with Crippen LogP contribution in [-0.4, -0.2) is 0 Å². The molecule has 0 nitrogen and oxygen atoms in total. The largest absolute Gasteiger partial charge is 0.207 e. The minimum atomic E-state index is -0.584. The Morgan fingerprint density at radius 1 is 0.714 bits per heavy atom. The van der Waals surface area contributed by atoms with Gasteiger partial charge in [-0.2, -0.15) is 0 Å². The molecule has 0 saturated carbocycles. The zero-order valence-corrected chi connectivity index (χ0v) is 12.5.